The molecule has 0 bridgehead atoms. The van der Waals surface area contributed by atoms with Crippen molar-refractivity contribution >= 4 is 17.6 Å². The van der Waals surface area contributed by atoms with E-state index >= 15 is 0 Å². The predicted molar refractivity (Wildman–Crippen MR) is 90.7 cm³/mol. The van der Waals surface area contributed by atoms with Crippen LogP contribution in [0.1, 0.15) is 25.3 Å². The highest BCUT2D eigenvalue weighted by Crippen LogP contribution is 2.43. The molecule has 0 spiro atoms. The van der Waals surface area contributed by atoms with E-state index in [1.807, 2.05) is 0 Å². The number of halogens is 2. The fraction of sp³-hybridized carbons (Fsp3) is 0.294. The van der Waals surface area contributed by atoms with E-state index in [-0.39, 0.29) is 28.1 Å². The molecule has 0 amide bonds. The Hall–Kier alpha value is -3.50. The zero-order valence-electron chi connectivity index (χ0n) is 15.0. The highest BCUT2D eigenvalue weighted by molar-refractivity contribution is 5.99. The minimum absolute atomic E-state index is 0.136. The fourth-order valence-electron chi connectivity index (χ4n) is 3.05. The van der Waals surface area contributed by atoms with Crippen molar-refractivity contribution in [2.24, 2.45) is 0 Å². The summed E-state index contributed by atoms with van der Waals surface area (Å²) < 4.78 is 34.8. The van der Waals surface area contributed by atoms with Crippen LogP contribution in [0.25, 0.3) is 0 Å². The average Bonchev–Trinajstić information content (AvgIpc) is 2.59. The molecule has 150 valence electrons. The van der Waals surface area contributed by atoms with Gasteiger partial charge in [-0.25, -0.2) is 9.59 Å². The molecule has 0 aromatic heterocycles. The second kappa shape index (κ2) is 8.03. The number of nitrogens with zero attached hydrogens (tertiary/aromatic N) is 1. The zero-order valence-corrected chi connectivity index (χ0v) is 15.0. The fourth-order valence-corrected chi connectivity index (χ4v) is 3.05. The molecule has 1 aliphatic rings. The van der Waals surface area contributed by atoms with Crippen LogP contribution in [0.4, 0.5) is 14.5 Å². The number of allylic oxidation sites excluding steroid dienone is 2. The maximum absolute atomic E-state index is 12.9. The van der Waals surface area contributed by atoms with Gasteiger partial charge in [0.1, 0.15) is 5.75 Å². The molecule has 1 aromatic carbocycles. The highest BCUT2D eigenvalue weighted by Gasteiger charge is 2.39. The van der Waals surface area contributed by atoms with Crippen molar-refractivity contribution < 1.29 is 37.9 Å². The first-order valence-electron chi connectivity index (χ1n) is 7.81. The Labute approximate surface area is 157 Å². The van der Waals surface area contributed by atoms with E-state index in [4.69, 9.17) is 4.74 Å². The second-order valence-corrected chi connectivity index (χ2v) is 5.79. The quantitative estimate of drug-likeness (QED) is 0.425. The van der Waals surface area contributed by atoms with Gasteiger partial charge in [0, 0.05) is 29.1 Å². The number of rotatable bonds is 6. The SMILES string of the molecule is COC(=O)C1=C(C)NC(C)=C(C(=O)O)C1c1cc([N+](=O)[O-])ccc1OC(F)F. The minimum atomic E-state index is -3.27. The number of hydrogen-bond donors (Lipinski definition) is 2. The number of nitro benzene ring substituents is 1. The number of methoxy groups -OCH3 is 1. The Morgan fingerprint density at radius 2 is 1.86 bits per heavy atom. The number of nitro groups is 1. The summed E-state index contributed by atoms with van der Waals surface area (Å²) in [7, 11) is 1.06. The Balaban J connectivity index is 2.85. The summed E-state index contributed by atoms with van der Waals surface area (Å²) in [5, 5.41) is 23.5. The zero-order chi connectivity index (χ0) is 21.2. The number of carbonyl (C=O) groups is 2. The number of alkyl halides is 2. The van der Waals surface area contributed by atoms with Crippen LogP contribution in [0.3, 0.4) is 0 Å². The highest BCUT2D eigenvalue weighted by atomic mass is 19.3. The number of benzene rings is 1. The van der Waals surface area contributed by atoms with E-state index in [0.717, 1.165) is 25.3 Å². The van der Waals surface area contributed by atoms with Crippen LogP contribution in [0.15, 0.2) is 40.7 Å². The number of nitrogens with one attached hydrogen (secondary N) is 1. The summed E-state index contributed by atoms with van der Waals surface area (Å²) in [5.41, 5.74) is -0.950. The molecule has 0 fully saturated rings. The topological polar surface area (TPSA) is 128 Å². The lowest BCUT2D eigenvalue weighted by Crippen LogP contribution is -2.31. The molecule has 1 aromatic rings. The number of carboxylic acid groups (broad SMARTS) is 1. The molecular formula is C17H16F2N2O7. The summed E-state index contributed by atoms with van der Waals surface area (Å²) >= 11 is 0. The lowest BCUT2D eigenvalue weighted by molar-refractivity contribution is -0.385. The van der Waals surface area contributed by atoms with Crippen molar-refractivity contribution in [1.82, 2.24) is 5.32 Å². The van der Waals surface area contributed by atoms with E-state index < -0.39 is 40.8 Å². The van der Waals surface area contributed by atoms with Gasteiger partial charge in [-0.15, -0.1) is 0 Å². The van der Waals surface area contributed by atoms with E-state index in [1.54, 1.807) is 0 Å². The first-order chi connectivity index (χ1) is 13.1. The molecule has 0 saturated carbocycles. The molecule has 11 heteroatoms. The molecule has 1 aliphatic heterocycles. The van der Waals surface area contributed by atoms with Crippen molar-refractivity contribution in [1.29, 1.82) is 0 Å². The van der Waals surface area contributed by atoms with Crippen LogP contribution in [-0.4, -0.2) is 35.7 Å². The summed E-state index contributed by atoms with van der Waals surface area (Å²) in [6, 6.07) is 2.77. The van der Waals surface area contributed by atoms with Crippen LogP contribution in [0.5, 0.6) is 5.75 Å². The molecule has 1 heterocycles. The first-order valence-corrected chi connectivity index (χ1v) is 7.81. The number of non-ortho nitro benzene ring substituents is 1. The van der Waals surface area contributed by atoms with Crippen molar-refractivity contribution in [2.45, 2.75) is 26.4 Å². The van der Waals surface area contributed by atoms with E-state index in [0.29, 0.717) is 0 Å². The molecule has 0 radical (unpaired) electrons. The molecule has 1 unspecified atom stereocenters. The van der Waals surface area contributed by atoms with Gasteiger partial charge in [0.25, 0.3) is 5.69 Å². The van der Waals surface area contributed by atoms with Gasteiger partial charge in [-0.3, -0.25) is 10.1 Å². The molecule has 9 nitrogen and oxygen atoms in total. The maximum Gasteiger partial charge on any atom is 0.387 e. The number of esters is 1. The molecular weight excluding hydrogens is 382 g/mol. The molecule has 0 saturated heterocycles. The summed E-state index contributed by atoms with van der Waals surface area (Å²) in [5.74, 6) is -4.29. The minimum Gasteiger partial charge on any atom is -0.478 e. The second-order valence-electron chi connectivity index (χ2n) is 5.79. The monoisotopic (exact) mass is 398 g/mol. The van der Waals surface area contributed by atoms with Crippen molar-refractivity contribution in [3.63, 3.8) is 0 Å². The summed E-state index contributed by atoms with van der Waals surface area (Å²) in [4.78, 5) is 34.6. The van der Waals surface area contributed by atoms with E-state index in [9.17, 15) is 33.6 Å². The van der Waals surface area contributed by atoms with E-state index in [2.05, 4.69) is 10.1 Å². The van der Waals surface area contributed by atoms with Gasteiger partial charge in [-0.05, 0) is 19.9 Å². The summed E-state index contributed by atoms with van der Waals surface area (Å²) in [6.07, 6.45) is 0. The third-order valence-corrected chi connectivity index (χ3v) is 4.13. The predicted octanol–water partition coefficient (Wildman–Crippen LogP) is 2.69. The number of aliphatic carboxylic acids is 1. The third-order valence-electron chi connectivity index (χ3n) is 4.13. The number of dihydropyridines is 1. The van der Waals surface area contributed by atoms with Gasteiger partial charge in [0.15, 0.2) is 0 Å². The summed E-state index contributed by atoms with van der Waals surface area (Å²) in [6.45, 7) is -0.391. The number of carbonyl (C=O) groups excluding carboxylic acids is 1. The van der Waals surface area contributed by atoms with Crippen LogP contribution < -0.4 is 10.1 Å². The number of carboxylic acids is 1. The standard InChI is InChI=1S/C17H16F2N2O7/c1-7-12(15(22)23)14(13(8(2)20-7)16(24)27-3)10-6-9(21(25)26)4-5-11(10)28-17(18)19/h4-6,14,17,20H,1-3H3,(H,22,23). The van der Waals surface area contributed by atoms with Crippen molar-refractivity contribution in [2.75, 3.05) is 7.11 Å². The van der Waals surface area contributed by atoms with Crippen LogP contribution >= 0.6 is 0 Å². The Morgan fingerprint density at radius 1 is 1.25 bits per heavy atom. The lowest BCUT2D eigenvalue weighted by atomic mass is 9.80. The lowest BCUT2D eigenvalue weighted by Gasteiger charge is -2.30. The van der Waals surface area contributed by atoms with Crippen LogP contribution in [0.2, 0.25) is 0 Å². The number of ether oxygens (including phenoxy) is 2. The number of hydrogen-bond acceptors (Lipinski definition) is 7. The molecule has 1 atom stereocenters. The van der Waals surface area contributed by atoms with E-state index in [1.165, 1.54) is 13.8 Å². The van der Waals surface area contributed by atoms with Crippen molar-refractivity contribution in [3.05, 3.63) is 56.4 Å². The van der Waals surface area contributed by atoms with Gasteiger partial charge in [0.2, 0.25) is 0 Å². The molecule has 2 N–H and O–H groups in total. The van der Waals surface area contributed by atoms with Crippen LogP contribution in [0, 0.1) is 10.1 Å². The van der Waals surface area contributed by atoms with Crippen molar-refractivity contribution in [3.8, 4) is 5.75 Å². The molecule has 2 rings (SSSR count). The van der Waals surface area contributed by atoms with Gasteiger partial charge in [-0.1, -0.05) is 0 Å². The molecule has 28 heavy (non-hydrogen) atoms. The smallest absolute Gasteiger partial charge is 0.387 e. The Kier molecular flexibility index (Phi) is 5.96. The Morgan fingerprint density at radius 3 is 2.36 bits per heavy atom. The third kappa shape index (κ3) is 3.92. The first kappa shape index (κ1) is 20.8. The van der Waals surface area contributed by atoms with Gasteiger partial charge < -0.3 is 19.9 Å². The van der Waals surface area contributed by atoms with Gasteiger partial charge >= 0.3 is 18.6 Å². The van der Waals surface area contributed by atoms with Crippen LogP contribution in [-0.2, 0) is 14.3 Å². The van der Waals surface area contributed by atoms with Gasteiger partial charge in [0.05, 0.1) is 29.1 Å². The average molecular weight is 398 g/mol. The maximum atomic E-state index is 12.9. The normalized spacial score (nSPS) is 16.7. The Bertz CT molecular complexity index is 909. The van der Waals surface area contributed by atoms with Gasteiger partial charge in [-0.2, -0.15) is 8.78 Å². The molecule has 0 aliphatic carbocycles. The largest absolute Gasteiger partial charge is 0.478 e.